The third-order valence-corrected chi connectivity index (χ3v) is 4.54. The normalized spacial score (nSPS) is 16.9. The molecule has 0 aromatic heterocycles. The maximum atomic E-state index is 6.46. The zero-order valence-electron chi connectivity index (χ0n) is 12.0. The van der Waals surface area contributed by atoms with Crippen molar-refractivity contribution >= 4 is 11.6 Å². The van der Waals surface area contributed by atoms with Crippen molar-refractivity contribution in [3.8, 4) is 5.75 Å². The van der Waals surface area contributed by atoms with Crippen LogP contribution in [0.1, 0.15) is 36.8 Å². The van der Waals surface area contributed by atoms with Crippen LogP contribution in [0, 0.1) is 0 Å². The fraction of sp³-hybridized carbons (Fsp3) is 0.333. The summed E-state index contributed by atoms with van der Waals surface area (Å²) in [7, 11) is 0. The van der Waals surface area contributed by atoms with Gasteiger partial charge < -0.3 is 10.5 Å². The summed E-state index contributed by atoms with van der Waals surface area (Å²) in [6.07, 6.45) is 4.46. The number of benzene rings is 2. The van der Waals surface area contributed by atoms with Crippen LogP contribution < -0.4 is 10.5 Å². The first-order valence-corrected chi connectivity index (χ1v) is 7.81. The Morgan fingerprint density at radius 1 is 1.05 bits per heavy atom. The molecule has 0 spiro atoms. The van der Waals surface area contributed by atoms with E-state index < -0.39 is 0 Å². The molecule has 1 fully saturated rings. The largest absolute Gasteiger partial charge is 0.487 e. The van der Waals surface area contributed by atoms with Crippen LogP contribution in [0.25, 0.3) is 0 Å². The fourth-order valence-electron chi connectivity index (χ4n) is 2.96. The van der Waals surface area contributed by atoms with Gasteiger partial charge >= 0.3 is 0 Å². The molecule has 1 aliphatic carbocycles. The van der Waals surface area contributed by atoms with Crippen LogP contribution in [-0.4, -0.2) is 0 Å². The van der Waals surface area contributed by atoms with Crippen LogP contribution in [0.5, 0.6) is 5.75 Å². The minimum atomic E-state index is -0.207. The molecule has 2 aromatic rings. The Bertz CT molecular complexity index is 606. The van der Waals surface area contributed by atoms with Crippen LogP contribution in [0.2, 0.25) is 5.02 Å². The topological polar surface area (TPSA) is 35.2 Å². The van der Waals surface area contributed by atoms with Gasteiger partial charge in [0.2, 0.25) is 0 Å². The Balaban J connectivity index is 1.73. The maximum absolute atomic E-state index is 6.46. The van der Waals surface area contributed by atoms with Crippen molar-refractivity contribution in [1.82, 2.24) is 0 Å². The van der Waals surface area contributed by atoms with Gasteiger partial charge in [0.05, 0.1) is 5.02 Å². The number of nitrogens with two attached hydrogens (primary N) is 1. The van der Waals surface area contributed by atoms with Gasteiger partial charge in [0.1, 0.15) is 12.4 Å². The van der Waals surface area contributed by atoms with Gasteiger partial charge in [-0.05, 0) is 36.1 Å². The summed E-state index contributed by atoms with van der Waals surface area (Å²) in [5, 5.41) is 0.639. The molecule has 2 N–H and O–H groups in total. The third kappa shape index (κ3) is 3.22. The highest BCUT2D eigenvalue weighted by molar-refractivity contribution is 6.32. The second-order valence-corrected chi connectivity index (χ2v) is 6.19. The van der Waals surface area contributed by atoms with Gasteiger partial charge in [-0.15, -0.1) is 0 Å². The summed E-state index contributed by atoms with van der Waals surface area (Å²) in [6.45, 7) is 0.522. The minimum Gasteiger partial charge on any atom is -0.487 e. The zero-order valence-corrected chi connectivity index (χ0v) is 12.8. The average molecular weight is 302 g/mol. The molecule has 2 nitrogen and oxygen atoms in total. The van der Waals surface area contributed by atoms with Gasteiger partial charge in [0.25, 0.3) is 0 Å². The van der Waals surface area contributed by atoms with E-state index in [0.29, 0.717) is 17.4 Å². The van der Waals surface area contributed by atoms with E-state index in [1.54, 1.807) is 0 Å². The highest BCUT2D eigenvalue weighted by atomic mass is 35.5. The van der Waals surface area contributed by atoms with Crippen molar-refractivity contribution in [2.75, 3.05) is 0 Å². The van der Waals surface area contributed by atoms with Crippen molar-refractivity contribution in [2.45, 2.75) is 37.8 Å². The van der Waals surface area contributed by atoms with Crippen molar-refractivity contribution in [1.29, 1.82) is 0 Å². The van der Waals surface area contributed by atoms with Crippen LogP contribution in [-0.2, 0) is 12.1 Å². The van der Waals surface area contributed by atoms with Crippen molar-refractivity contribution in [2.24, 2.45) is 5.73 Å². The van der Waals surface area contributed by atoms with Gasteiger partial charge in [-0.2, -0.15) is 0 Å². The first-order valence-electron chi connectivity index (χ1n) is 7.43. The minimum absolute atomic E-state index is 0.207. The summed E-state index contributed by atoms with van der Waals surface area (Å²) >= 11 is 6.36. The first-order chi connectivity index (χ1) is 10.2. The maximum Gasteiger partial charge on any atom is 0.138 e. The quantitative estimate of drug-likeness (QED) is 0.892. The second kappa shape index (κ2) is 6.08. The van der Waals surface area contributed by atoms with E-state index in [-0.39, 0.29) is 5.54 Å². The molecular formula is C18H20ClNO. The van der Waals surface area contributed by atoms with E-state index in [0.717, 1.165) is 24.0 Å². The third-order valence-electron chi connectivity index (χ3n) is 4.24. The summed E-state index contributed by atoms with van der Waals surface area (Å²) < 4.78 is 5.80. The molecule has 21 heavy (non-hydrogen) atoms. The van der Waals surface area contributed by atoms with Crippen molar-refractivity contribution in [3.05, 3.63) is 64.7 Å². The molecule has 1 aliphatic rings. The molecule has 110 valence electrons. The summed E-state index contributed by atoms with van der Waals surface area (Å²) in [4.78, 5) is 0. The van der Waals surface area contributed by atoms with Crippen molar-refractivity contribution in [3.63, 3.8) is 0 Å². The Hall–Kier alpha value is -1.51. The van der Waals surface area contributed by atoms with Gasteiger partial charge in [-0.1, -0.05) is 60.8 Å². The van der Waals surface area contributed by atoms with Crippen LogP contribution in [0.4, 0.5) is 0 Å². The van der Waals surface area contributed by atoms with Crippen molar-refractivity contribution < 1.29 is 4.74 Å². The number of hydrogen-bond acceptors (Lipinski definition) is 2. The standard InChI is InChI=1S/C18H20ClNO/c19-16-12-15(18(20)10-4-5-11-18)8-9-17(16)21-13-14-6-2-1-3-7-14/h1-3,6-9,12H,4-5,10-11,13,20H2. The molecule has 0 aliphatic heterocycles. The lowest BCUT2D eigenvalue weighted by molar-refractivity contribution is 0.306. The number of rotatable bonds is 4. The van der Waals surface area contributed by atoms with Gasteiger partial charge in [0, 0.05) is 5.54 Å². The molecule has 2 aromatic carbocycles. The molecule has 3 rings (SSSR count). The van der Waals surface area contributed by atoms with E-state index in [4.69, 9.17) is 22.1 Å². The predicted octanol–water partition coefficient (Wildman–Crippen LogP) is 4.65. The molecule has 0 atom stereocenters. The number of ether oxygens (including phenoxy) is 1. The first kappa shape index (κ1) is 14.4. The Labute approximate surface area is 130 Å². The van der Waals surface area contributed by atoms with Gasteiger partial charge in [-0.3, -0.25) is 0 Å². The molecule has 0 bridgehead atoms. The van der Waals surface area contributed by atoms with Gasteiger partial charge in [-0.25, -0.2) is 0 Å². The van der Waals surface area contributed by atoms with E-state index in [9.17, 15) is 0 Å². The summed E-state index contributed by atoms with van der Waals surface area (Å²) in [5.41, 5.74) is 8.51. The lowest BCUT2D eigenvalue weighted by Crippen LogP contribution is -2.32. The Morgan fingerprint density at radius 3 is 2.43 bits per heavy atom. The molecule has 1 saturated carbocycles. The highest BCUT2D eigenvalue weighted by Gasteiger charge is 2.31. The average Bonchev–Trinajstić information content (AvgIpc) is 2.95. The van der Waals surface area contributed by atoms with Gasteiger partial charge in [0.15, 0.2) is 0 Å². The smallest absolute Gasteiger partial charge is 0.138 e. The molecule has 3 heteroatoms. The Morgan fingerprint density at radius 2 is 1.76 bits per heavy atom. The monoisotopic (exact) mass is 301 g/mol. The molecule has 0 heterocycles. The predicted molar refractivity (Wildman–Crippen MR) is 86.6 cm³/mol. The highest BCUT2D eigenvalue weighted by Crippen LogP contribution is 2.39. The molecule has 0 saturated heterocycles. The lowest BCUT2D eigenvalue weighted by Gasteiger charge is -2.24. The van der Waals surface area contributed by atoms with E-state index >= 15 is 0 Å². The van der Waals surface area contributed by atoms with Crippen LogP contribution in [0.15, 0.2) is 48.5 Å². The van der Waals surface area contributed by atoms with E-state index in [1.165, 1.54) is 12.8 Å². The lowest BCUT2D eigenvalue weighted by atomic mass is 9.89. The van der Waals surface area contributed by atoms with Crippen LogP contribution >= 0.6 is 11.6 Å². The second-order valence-electron chi connectivity index (χ2n) is 5.78. The van der Waals surface area contributed by atoms with E-state index in [2.05, 4.69) is 6.07 Å². The summed E-state index contributed by atoms with van der Waals surface area (Å²) in [6, 6.07) is 16.0. The molecular weight excluding hydrogens is 282 g/mol. The molecule has 0 radical (unpaired) electrons. The van der Waals surface area contributed by atoms with E-state index in [1.807, 2.05) is 42.5 Å². The SMILES string of the molecule is NC1(c2ccc(OCc3ccccc3)c(Cl)c2)CCCC1. The molecule has 0 unspecified atom stereocenters. The van der Waals surface area contributed by atoms with Crippen LogP contribution in [0.3, 0.4) is 0 Å². The fourth-order valence-corrected chi connectivity index (χ4v) is 3.19. The zero-order chi connectivity index (χ0) is 14.7. The number of hydrogen-bond donors (Lipinski definition) is 1. The Kier molecular flexibility index (Phi) is 4.18. The molecule has 0 amide bonds. The summed E-state index contributed by atoms with van der Waals surface area (Å²) in [5.74, 6) is 0.714. The number of halogens is 1.